The van der Waals surface area contributed by atoms with Crippen molar-refractivity contribution in [2.45, 2.75) is 38.5 Å². The molecule has 0 heterocycles. The number of methoxy groups -OCH3 is 1. The van der Waals surface area contributed by atoms with Gasteiger partial charge in [-0.1, -0.05) is 42.5 Å². The quantitative estimate of drug-likeness (QED) is 0.275. The van der Waals surface area contributed by atoms with E-state index in [1.807, 2.05) is 0 Å². The molecule has 3 N–H and O–H groups in total. The number of ether oxygens (including phenoxy) is 3. The maximum atomic E-state index is 13.1. The molecule has 2 atom stereocenters. The Labute approximate surface area is 208 Å². The first-order chi connectivity index (χ1) is 17.3. The zero-order chi connectivity index (χ0) is 26.5. The highest BCUT2D eigenvalue weighted by Gasteiger charge is 2.35. The highest BCUT2D eigenvalue weighted by molar-refractivity contribution is 5.92. The number of carboxylic acid groups (broad SMARTS) is 1. The third-order valence-corrected chi connectivity index (χ3v) is 5.13. The molecule has 0 radical (unpaired) electrons. The standard InChI is InChI=1S/C25H30N2O9/c1-3-35-24(32)20(13-17-7-5-4-6-8-17)26-23(31)21(14-22(29)30)27(16-28)25(33)36-15-18-9-11-19(34-2)12-10-18/h4-12,20-21,28H,3,13-16H2,1-2H3,(H,26,31)(H,29,30)/t20-,21-/m0/s1. The molecule has 0 aliphatic heterocycles. The number of carboxylic acids is 1. The largest absolute Gasteiger partial charge is 0.497 e. The lowest BCUT2D eigenvalue weighted by molar-refractivity contribution is -0.148. The van der Waals surface area contributed by atoms with Crippen LogP contribution in [0.25, 0.3) is 0 Å². The smallest absolute Gasteiger partial charge is 0.412 e. The van der Waals surface area contributed by atoms with E-state index in [9.17, 15) is 29.4 Å². The zero-order valence-electron chi connectivity index (χ0n) is 20.1. The maximum Gasteiger partial charge on any atom is 0.412 e. The van der Waals surface area contributed by atoms with Crippen LogP contribution in [0.15, 0.2) is 54.6 Å². The second-order valence-corrected chi connectivity index (χ2v) is 7.63. The molecular formula is C25H30N2O9. The van der Waals surface area contributed by atoms with Crippen LogP contribution in [0, 0.1) is 0 Å². The van der Waals surface area contributed by atoms with Gasteiger partial charge in [0.2, 0.25) is 5.91 Å². The van der Waals surface area contributed by atoms with Crippen LogP contribution in [-0.2, 0) is 36.9 Å². The molecule has 2 aromatic carbocycles. The number of rotatable bonds is 13. The van der Waals surface area contributed by atoms with Gasteiger partial charge in [-0.15, -0.1) is 0 Å². The second kappa shape index (κ2) is 14.3. The van der Waals surface area contributed by atoms with E-state index in [-0.39, 0.29) is 19.6 Å². The van der Waals surface area contributed by atoms with Gasteiger partial charge in [0.05, 0.1) is 20.1 Å². The van der Waals surface area contributed by atoms with Crippen molar-refractivity contribution in [3.05, 3.63) is 65.7 Å². The van der Waals surface area contributed by atoms with Crippen molar-refractivity contribution in [3.8, 4) is 5.75 Å². The van der Waals surface area contributed by atoms with E-state index >= 15 is 0 Å². The molecule has 194 valence electrons. The van der Waals surface area contributed by atoms with E-state index in [4.69, 9.17) is 14.2 Å². The van der Waals surface area contributed by atoms with Crippen molar-refractivity contribution < 1.29 is 43.6 Å². The van der Waals surface area contributed by atoms with Gasteiger partial charge in [0.15, 0.2) is 0 Å². The molecule has 0 spiro atoms. The van der Waals surface area contributed by atoms with Crippen LogP contribution in [0.3, 0.4) is 0 Å². The van der Waals surface area contributed by atoms with Gasteiger partial charge in [-0.2, -0.15) is 0 Å². The van der Waals surface area contributed by atoms with Gasteiger partial charge in [0.1, 0.15) is 31.2 Å². The van der Waals surface area contributed by atoms with Gasteiger partial charge in [-0.25, -0.2) is 9.59 Å². The highest BCUT2D eigenvalue weighted by atomic mass is 16.6. The van der Waals surface area contributed by atoms with Crippen molar-refractivity contribution in [2.75, 3.05) is 20.4 Å². The number of aliphatic hydroxyl groups is 1. The summed E-state index contributed by atoms with van der Waals surface area (Å²) in [7, 11) is 1.51. The molecule has 0 aliphatic carbocycles. The van der Waals surface area contributed by atoms with Crippen molar-refractivity contribution in [1.29, 1.82) is 0 Å². The number of hydrogen-bond donors (Lipinski definition) is 3. The van der Waals surface area contributed by atoms with Gasteiger partial charge in [-0.05, 0) is 30.2 Å². The number of nitrogens with one attached hydrogen (secondary N) is 1. The number of aliphatic carboxylic acids is 1. The van der Waals surface area contributed by atoms with E-state index in [1.54, 1.807) is 61.5 Å². The van der Waals surface area contributed by atoms with Crippen molar-refractivity contribution >= 4 is 23.9 Å². The predicted molar refractivity (Wildman–Crippen MR) is 127 cm³/mol. The van der Waals surface area contributed by atoms with E-state index in [0.29, 0.717) is 16.2 Å². The lowest BCUT2D eigenvalue weighted by atomic mass is 10.0. The van der Waals surface area contributed by atoms with Crippen LogP contribution in [0.4, 0.5) is 4.79 Å². The number of amides is 2. The summed E-state index contributed by atoms with van der Waals surface area (Å²) in [5.41, 5.74) is 1.33. The first-order valence-electron chi connectivity index (χ1n) is 11.2. The topological polar surface area (TPSA) is 152 Å². The summed E-state index contributed by atoms with van der Waals surface area (Å²) in [6.45, 7) is 0.494. The summed E-state index contributed by atoms with van der Waals surface area (Å²) in [6.07, 6.45) is -1.86. The third kappa shape index (κ3) is 8.58. The van der Waals surface area contributed by atoms with E-state index in [0.717, 1.165) is 5.56 Å². The fraction of sp³-hybridized carbons (Fsp3) is 0.360. The minimum atomic E-state index is -1.65. The number of carbonyl (C=O) groups excluding carboxylic acids is 3. The van der Waals surface area contributed by atoms with Gasteiger partial charge < -0.3 is 29.7 Å². The average molecular weight is 503 g/mol. The summed E-state index contributed by atoms with van der Waals surface area (Å²) in [5.74, 6) is -2.47. The van der Waals surface area contributed by atoms with Crippen molar-refractivity contribution in [3.63, 3.8) is 0 Å². The lowest BCUT2D eigenvalue weighted by Gasteiger charge is -2.29. The first-order valence-corrected chi connectivity index (χ1v) is 11.2. The minimum Gasteiger partial charge on any atom is -0.497 e. The molecule has 0 saturated heterocycles. The predicted octanol–water partition coefficient (Wildman–Crippen LogP) is 1.72. The Bertz CT molecular complexity index is 1010. The molecule has 0 fully saturated rings. The van der Waals surface area contributed by atoms with Gasteiger partial charge in [0, 0.05) is 6.42 Å². The average Bonchev–Trinajstić information content (AvgIpc) is 2.87. The molecule has 2 aromatic rings. The monoisotopic (exact) mass is 502 g/mol. The Morgan fingerprint density at radius 3 is 2.19 bits per heavy atom. The molecule has 0 saturated carbocycles. The molecule has 2 amide bonds. The molecule has 0 unspecified atom stereocenters. The Morgan fingerprint density at radius 2 is 1.64 bits per heavy atom. The van der Waals surface area contributed by atoms with Crippen LogP contribution >= 0.6 is 0 Å². The van der Waals surface area contributed by atoms with Crippen LogP contribution in [-0.4, -0.2) is 71.6 Å². The Morgan fingerprint density at radius 1 is 0.972 bits per heavy atom. The molecule has 11 nitrogen and oxygen atoms in total. The van der Waals surface area contributed by atoms with Crippen LogP contribution in [0.2, 0.25) is 0 Å². The summed E-state index contributed by atoms with van der Waals surface area (Å²) in [5, 5.41) is 21.6. The number of carbonyl (C=O) groups is 4. The first kappa shape index (κ1) is 28.1. The molecule has 36 heavy (non-hydrogen) atoms. The van der Waals surface area contributed by atoms with Crippen LogP contribution in [0.1, 0.15) is 24.5 Å². The van der Waals surface area contributed by atoms with E-state index in [2.05, 4.69) is 5.32 Å². The highest BCUT2D eigenvalue weighted by Crippen LogP contribution is 2.14. The van der Waals surface area contributed by atoms with Crippen molar-refractivity contribution in [2.24, 2.45) is 0 Å². The number of aliphatic hydroxyl groups excluding tert-OH is 1. The normalized spacial score (nSPS) is 12.1. The fourth-order valence-electron chi connectivity index (χ4n) is 3.30. The maximum absolute atomic E-state index is 13.1. The Hall–Kier alpha value is -4.12. The number of esters is 1. The Kier molecular flexibility index (Phi) is 11.2. The second-order valence-electron chi connectivity index (χ2n) is 7.63. The minimum absolute atomic E-state index is 0.0685. The van der Waals surface area contributed by atoms with Crippen molar-refractivity contribution in [1.82, 2.24) is 10.2 Å². The van der Waals surface area contributed by atoms with Gasteiger partial charge in [0.25, 0.3) is 0 Å². The fourth-order valence-corrected chi connectivity index (χ4v) is 3.30. The van der Waals surface area contributed by atoms with Gasteiger partial charge >= 0.3 is 18.0 Å². The summed E-state index contributed by atoms with van der Waals surface area (Å²) in [4.78, 5) is 50.3. The molecular weight excluding hydrogens is 472 g/mol. The molecule has 0 aromatic heterocycles. The summed E-state index contributed by atoms with van der Waals surface area (Å²) in [6, 6.07) is 12.7. The lowest BCUT2D eigenvalue weighted by Crippen LogP contribution is -2.55. The zero-order valence-corrected chi connectivity index (χ0v) is 20.1. The number of nitrogens with zero attached hydrogens (tertiary/aromatic N) is 1. The third-order valence-electron chi connectivity index (χ3n) is 5.13. The summed E-state index contributed by atoms with van der Waals surface area (Å²) < 4.78 is 15.3. The number of benzene rings is 2. The summed E-state index contributed by atoms with van der Waals surface area (Å²) >= 11 is 0. The number of hydrogen-bond acceptors (Lipinski definition) is 8. The van der Waals surface area contributed by atoms with Crippen LogP contribution < -0.4 is 10.1 Å². The molecule has 2 rings (SSSR count). The molecule has 0 aliphatic rings. The Balaban J connectivity index is 2.17. The SMILES string of the molecule is CCOC(=O)[C@H](Cc1ccccc1)NC(=O)[C@H](CC(=O)O)N(CO)C(=O)OCc1ccc(OC)cc1. The van der Waals surface area contributed by atoms with Gasteiger partial charge in [-0.3, -0.25) is 14.5 Å². The van der Waals surface area contributed by atoms with E-state index < -0.39 is 49.2 Å². The van der Waals surface area contributed by atoms with E-state index in [1.165, 1.54) is 7.11 Å². The molecule has 0 bridgehead atoms. The van der Waals surface area contributed by atoms with Crippen LogP contribution in [0.5, 0.6) is 5.75 Å². The molecule has 11 heteroatoms.